The van der Waals surface area contributed by atoms with E-state index in [4.69, 9.17) is 0 Å². The van der Waals surface area contributed by atoms with Gasteiger partial charge in [0, 0.05) is 18.2 Å². The highest BCUT2D eigenvalue weighted by Crippen LogP contribution is 2.26. The Morgan fingerprint density at radius 1 is 1.37 bits per heavy atom. The lowest BCUT2D eigenvalue weighted by Crippen LogP contribution is -2.41. The summed E-state index contributed by atoms with van der Waals surface area (Å²) in [6.07, 6.45) is 6.59. The standard InChI is InChI=1S/C21H28N4OS/c1-4-12-25-20(17-10-7-8-15(2)13-17)23-24-21(25)27-14-19(26)22-18-11-6-5-9-16(18)3/h4,7-8,10,13,16,18H,1,5-6,9,11-12,14H2,2-3H3,(H,22,26)/t16-,18-/m1/s1. The van der Waals surface area contributed by atoms with E-state index >= 15 is 0 Å². The van der Waals surface area contributed by atoms with Crippen LogP contribution < -0.4 is 5.32 Å². The zero-order valence-corrected chi connectivity index (χ0v) is 17.0. The molecular formula is C21H28N4OS. The van der Waals surface area contributed by atoms with Crippen molar-refractivity contribution in [2.75, 3.05) is 5.75 Å². The summed E-state index contributed by atoms with van der Waals surface area (Å²) in [4.78, 5) is 12.4. The van der Waals surface area contributed by atoms with Crippen LogP contribution in [0, 0.1) is 12.8 Å². The number of amides is 1. The van der Waals surface area contributed by atoms with Crippen molar-refractivity contribution in [2.24, 2.45) is 5.92 Å². The molecule has 1 heterocycles. The van der Waals surface area contributed by atoms with Crippen molar-refractivity contribution in [1.29, 1.82) is 0 Å². The van der Waals surface area contributed by atoms with Crippen molar-refractivity contribution in [3.05, 3.63) is 42.5 Å². The van der Waals surface area contributed by atoms with Gasteiger partial charge in [0.15, 0.2) is 11.0 Å². The molecule has 0 aliphatic heterocycles. The molecular weight excluding hydrogens is 356 g/mol. The van der Waals surface area contributed by atoms with Crippen molar-refractivity contribution in [2.45, 2.75) is 57.3 Å². The van der Waals surface area contributed by atoms with Gasteiger partial charge in [0.25, 0.3) is 0 Å². The Labute approximate surface area is 165 Å². The quantitative estimate of drug-likeness (QED) is 0.573. The molecule has 1 aliphatic rings. The van der Waals surface area contributed by atoms with E-state index in [9.17, 15) is 4.79 Å². The minimum absolute atomic E-state index is 0.0732. The summed E-state index contributed by atoms with van der Waals surface area (Å²) in [5.74, 6) is 1.79. The van der Waals surface area contributed by atoms with E-state index in [0.717, 1.165) is 23.0 Å². The number of nitrogens with one attached hydrogen (secondary N) is 1. The van der Waals surface area contributed by atoms with Gasteiger partial charge in [-0.05, 0) is 31.7 Å². The summed E-state index contributed by atoms with van der Waals surface area (Å²) in [6.45, 7) is 8.74. The van der Waals surface area contributed by atoms with E-state index in [2.05, 4.69) is 48.1 Å². The van der Waals surface area contributed by atoms with Gasteiger partial charge in [-0.2, -0.15) is 0 Å². The molecule has 1 aromatic carbocycles. The first-order valence-electron chi connectivity index (χ1n) is 9.61. The van der Waals surface area contributed by atoms with Gasteiger partial charge in [0.2, 0.25) is 5.91 Å². The molecule has 2 atom stereocenters. The zero-order valence-electron chi connectivity index (χ0n) is 16.1. The highest BCUT2D eigenvalue weighted by molar-refractivity contribution is 7.99. The third kappa shape index (κ3) is 5.01. The molecule has 1 N–H and O–H groups in total. The first-order valence-corrected chi connectivity index (χ1v) is 10.6. The summed E-state index contributed by atoms with van der Waals surface area (Å²) in [7, 11) is 0. The number of carbonyl (C=O) groups excluding carboxylic acids is 1. The van der Waals surface area contributed by atoms with Crippen LogP contribution in [0.1, 0.15) is 38.2 Å². The number of rotatable bonds is 7. The van der Waals surface area contributed by atoms with Crippen molar-refractivity contribution >= 4 is 17.7 Å². The average Bonchev–Trinajstić information content (AvgIpc) is 3.05. The lowest BCUT2D eigenvalue weighted by atomic mass is 9.86. The molecule has 0 unspecified atom stereocenters. The van der Waals surface area contributed by atoms with Gasteiger partial charge in [0.05, 0.1) is 5.75 Å². The number of hydrogen-bond donors (Lipinski definition) is 1. The average molecular weight is 385 g/mol. The summed E-state index contributed by atoms with van der Waals surface area (Å²) >= 11 is 1.43. The Morgan fingerprint density at radius 2 is 2.19 bits per heavy atom. The fourth-order valence-electron chi connectivity index (χ4n) is 3.60. The highest BCUT2D eigenvalue weighted by atomic mass is 32.2. The molecule has 1 aromatic heterocycles. The molecule has 27 heavy (non-hydrogen) atoms. The summed E-state index contributed by atoms with van der Waals surface area (Å²) in [6, 6.07) is 8.51. The Hall–Kier alpha value is -2.08. The molecule has 1 fully saturated rings. The fourth-order valence-corrected chi connectivity index (χ4v) is 4.36. The molecule has 1 aliphatic carbocycles. The SMILES string of the molecule is C=CCn1c(SCC(=O)N[C@@H]2CCCC[C@H]2C)nnc1-c1cccc(C)c1. The normalized spacial score (nSPS) is 19.6. The van der Waals surface area contributed by atoms with Crippen LogP contribution in [0.2, 0.25) is 0 Å². The molecule has 0 radical (unpaired) electrons. The summed E-state index contributed by atoms with van der Waals surface area (Å²) < 4.78 is 2.02. The van der Waals surface area contributed by atoms with Crippen molar-refractivity contribution in [1.82, 2.24) is 20.1 Å². The second-order valence-corrected chi connectivity index (χ2v) is 8.24. The van der Waals surface area contributed by atoms with Gasteiger partial charge >= 0.3 is 0 Å². The Balaban J connectivity index is 1.67. The van der Waals surface area contributed by atoms with Gasteiger partial charge in [-0.1, -0.05) is 61.4 Å². The molecule has 144 valence electrons. The Kier molecular flexibility index (Phi) is 6.72. The van der Waals surface area contributed by atoms with Crippen molar-refractivity contribution < 1.29 is 4.79 Å². The smallest absolute Gasteiger partial charge is 0.230 e. The van der Waals surface area contributed by atoms with Crippen LogP contribution in [0.3, 0.4) is 0 Å². The van der Waals surface area contributed by atoms with E-state index in [1.165, 1.54) is 36.6 Å². The van der Waals surface area contributed by atoms with Crippen LogP contribution in [0.15, 0.2) is 42.1 Å². The van der Waals surface area contributed by atoms with Gasteiger partial charge < -0.3 is 5.32 Å². The highest BCUT2D eigenvalue weighted by Gasteiger charge is 2.23. The fraction of sp³-hybridized carbons (Fsp3) is 0.476. The van der Waals surface area contributed by atoms with E-state index in [1.807, 2.05) is 22.8 Å². The maximum atomic E-state index is 12.4. The van der Waals surface area contributed by atoms with Crippen LogP contribution in [-0.2, 0) is 11.3 Å². The van der Waals surface area contributed by atoms with Crippen LogP contribution in [0.25, 0.3) is 11.4 Å². The Bertz CT molecular complexity index is 801. The first kappa shape index (κ1) is 19.7. The number of benzene rings is 1. The molecule has 1 amide bonds. The zero-order chi connectivity index (χ0) is 19.2. The molecule has 0 spiro atoms. The number of aryl methyl sites for hydroxylation is 1. The number of aromatic nitrogens is 3. The number of hydrogen-bond acceptors (Lipinski definition) is 4. The third-order valence-electron chi connectivity index (χ3n) is 5.10. The van der Waals surface area contributed by atoms with E-state index in [-0.39, 0.29) is 5.91 Å². The minimum Gasteiger partial charge on any atom is -0.352 e. The molecule has 0 bridgehead atoms. The Morgan fingerprint density at radius 3 is 2.93 bits per heavy atom. The van der Waals surface area contributed by atoms with Crippen LogP contribution >= 0.6 is 11.8 Å². The number of thioether (sulfide) groups is 1. The molecule has 5 nitrogen and oxygen atoms in total. The number of nitrogens with zero attached hydrogens (tertiary/aromatic N) is 3. The number of carbonyl (C=O) groups is 1. The predicted molar refractivity (Wildman–Crippen MR) is 111 cm³/mol. The van der Waals surface area contributed by atoms with Crippen LogP contribution in [0.5, 0.6) is 0 Å². The lowest BCUT2D eigenvalue weighted by Gasteiger charge is -2.29. The maximum Gasteiger partial charge on any atom is 0.230 e. The second-order valence-electron chi connectivity index (χ2n) is 7.30. The largest absolute Gasteiger partial charge is 0.352 e. The minimum atomic E-state index is 0.0732. The van der Waals surface area contributed by atoms with Gasteiger partial charge in [-0.25, -0.2) is 0 Å². The topological polar surface area (TPSA) is 59.8 Å². The van der Waals surface area contributed by atoms with E-state index in [1.54, 1.807) is 0 Å². The van der Waals surface area contributed by atoms with Crippen molar-refractivity contribution in [3.63, 3.8) is 0 Å². The predicted octanol–water partition coefficient (Wildman–Crippen LogP) is 4.23. The molecule has 3 rings (SSSR count). The third-order valence-corrected chi connectivity index (χ3v) is 6.06. The van der Waals surface area contributed by atoms with Crippen LogP contribution in [-0.4, -0.2) is 32.5 Å². The molecule has 6 heteroatoms. The van der Waals surface area contributed by atoms with Crippen LogP contribution in [0.4, 0.5) is 0 Å². The summed E-state index contributed by atoms with van der Waals surface area (Å²) in [5, 5.41) is 12.6. The van der Waals surface area contributed by atoms with Gasteiger partial charge in [0.1, 0.15) is 0 Å². The van der Waals surface area contributed by atoms with Gasteiger partial charge in [-0.15, -0.1) is 16.8 Å². The second kappa shape index (κ2) is 9.22. The maximum absolute atomic E-state index is 12.4. The van der Waals surface area contributed by atoms with E-state index < -0.39 is 0 Å². The molecule has 1 saturated carbocycles. The van der Waals surface area contributed by atoms with Crippen molar-refractivity contribution in [3.8, 4) is 11.4 Å². The first-order chi connectivity index (χ1) is 13.1. The summed E-state index contributed by atoms with van der Waals surface area (Å²) in [5.41, 5.74) is 2.20. The monoisotopic (exact) mass is 384 g/mol. The van der Waals surface area contributed by atoms with E-state index in [0.29, 0.717) is 24.3 Å². The number of allylic oxidation sites excluding steroid dienone is 1. The van der Waals surface area contributed by atoms with Gasteiger partial charge in [-0.3, -0.25) is 9.36 Å². The molecule has 2 aromatic rings. The molecule has 0 saturated heterocycles. The lowest BCUT2D eigenvalue weighted by molar-refractivity contribution is -0.119.